The van der Waals surface area contributed by atoms with E-state index in [4.69, 9.17) is 0 Å². The number of aliphatic carboxylic acids is 4. The van der Waals surface area contributed by atoms with Crippen LogP contribution in [0.15, 0.2) is 23.3 Å². The van der Waals surface area contributed by atoms with Gasteiger partial charge in [-0.15, -0.1) is 0 Å². The van der Waals surface area contributed by atoms with Crippen LogP contribution in [0, 0.1) is 0 Å². The van der Waals surface area contributed by atoms with Gasteiger partial charge in [0, 0.05) is 0 Å². The third kappa shape index (κ3) is 42.1. The summed E-state index contributed by atoms with van der Waals surface area (Å²) in [5.41, 5.74) is -0.528. The predicted molar refractivity (Wildman–Crippen MR) is 147 cm³/mol. The van der Waals surface area contributed by atoms with Gasteiger partial charge in [-0.25, -0.2) is 0 Å². The van der Waals surface area contributed by atoms with Gasteiger partial charge in [-0.2, -0.15) is 0 Å². The number of hydrogen-bond acceptors (Lipinski definition) is 8. The topological polar surface area (TPSA) is 161 Å². The quantitative estimate of drug-likeness (QED) is 0.117. The minimum atomic E-state index is -1.51. The van der Waals surface area contributed by atoms with Crippen molar-refractivity contribution in [1.29, 1.82) is 0 Å². The number of unbranched alkanes of at least 4 members (excludes halogenated alkanes) is 4. The van der Waals surface area contributed by atoms with Crippen molar-refractivity contribution in [2.24, 2.45) is 0 Å². The zero-order chi connectivity index (χ0) is 30.2. The van der Waals surface area contributed by atoms with Gasteiger partial charge in [0.2, 0.25) is 0 Å². The first-order chi connectivity index (χ1) is 18.0. The molecule has 0 N–H and O–H groups in total. The second-order valence-corrected chi connectivity index (χ2v) is 16.7. The molecule has 0 bridgehead atoms. The van der Waals surface area contributed by atoms with Crippen LogP contribution in [0.5, 0.6) is 0 Å². The van der Waals surface area contributed by atoms with Gasteiger partial charge in [0.1, 0.15) is 0 Å². The Morgan fingerprint density at radius 1 is 0.500 bits per heavy atom. The van der Waals surface area contributed by atoms with Crippen molar-refractivity contribution in [3.63, 3.8) is 0 Å². The molecule has 0 amide bonds. The molecule has 0 aromatic rings. The normalized spacial score (nSPS) is 10.2. The third-order valence-corrected chi connectivity index (χ3v) is 12.8. The summed E-state index contributed by atoms with van der Waals surface area (Å²) in [6, 6.07) is 0. The molecule has 0 aliphatic heterocycles. The summed E-state index contributed by atoms with van der Waals surface area (Å²) in [5, 5.41) is 39.6. The molecule has 0 spiro atoms. The summed E-state index contributed by atoms with van der Waals surface area (Å²) in [4.78, 5) is 39.6. The van der Waals surface area contributed by atoms with Gasteiger partial charge in [-0.1, -0.05) is 13.8 Å². The molecule has 0 aromatic carbocycles. The van der Waals surface area contributed by atoms with Gasteiger partial charge in [0.05, 0.1) is 23.9 Å². The molecule has 0 rings (SSSR count). The molecule has 10 heteroatoms. The van der Waals surface area contributed by atoms with Gasteiger partial charge in [-0.3, -0.25) is 0 Å². The van der Waals surface area contributed by atoms with Gasteiger partial charge in [-0.05, 0) is 36.1 Å². The second kappa shape index (κ2) is 36.0. The van der Waals surface area contributed by atoms with E-state index in [0.29, 0.717) is 12.2 Å². The number of carboxylic acid groups (broad SMARTS) is 4. The zero-order valence-corrected chi connectivity index (χ0v) is 30.0. The van der Waals surface area contributed by atoms with E-state index >= 15 is 0 Å². The SMILES string of the molecule is CC/C(=C/C(=O)[O-])C(=O)[O-].CC/C(=C/C(=O)[O-])C(=O)[O-].CCC[CH2][Sn+2][CH2]CCC.CCC[CH2][Sn+2][CH2]CCC. The monoisotopic (exact) mass is 752 g/mol. The Morgan fingerprint density at radius 2 is 0.737 bits per heavy atom. The number of rotatable bonds is 18. The molecule has 0 aliphatic rings. The summed E-state index contributed by atoms with van der Waals surface area (Å²) in [6.07, 6.45) is 13.0. The van der Waals surface area contributed by atoms with E-state index in [1.165, 1.54) is 65.2 Å². The molecule has 0 saturated heterocycles. The van der Waals surface area contributed by atoms with E-state index in [9.17, 15) is 39.6 Å². The standard InChI is InChI=1S/2C6H8O4.4C4H9.2Sn/c2*1-2-4(6(9)10)3-5(7)8;4*1-3-4-2;;/h2*3H,2H2,1H3,(H,7,8)(H,9,10);4*1,3-4H2,2H3;;/q;;;;;;2*+2/p-4/b2*4-3-;;;;;;. The molecule has 8 nitrogen and oxygen atoms in total. The average molecular weight is 750 g/mol. The van der Waals surface area contributed by atoms with Crippen LogP contribution in [0.2, 0.25) is 17.7 Å². The molecular formula is C28H48O8Sn2. The van der Waals surface area contributed by atoms with E-state index in [1.54, 1.807) is 17.7 Å². The van der Waals surface area contributed by atoms with Crippen LogP contribution >= 0.6 is 0 Å². The molecule has 0 fully saturated rings. The van der Waals surface area contributed by atoms with Crippen LogP contribution in [-0.4, -0.2) is 66.2 Å². The van der Waals surface area contributed by atoms with Crippen LogP contribution in [-0.2, 0) is 19.2 Å². The van der Waals surface area contributed by atoms with Gasteiger partial charge in [0.25, 0.3) is 0 Å². The summed E-state index contributed by atoms with van der Waals surface area (Å²) < 4.78 is 6.50. The first-order valence-corrected chi connectivity index (χ1v) is 21.7. The molecule has 0 atom stereocenters. The third-order valence-electron chi connectivity index (χ3n) is 4.70. The van der Waals surface area contributed by atoms with Crippen molar-refractivity contribution in [1.82, 2.24) is 0 Å². The molecule has 0 aromatic heterocycles. The second-order valence-electron chi connectivity index (χ2n) is 8.17. The fourth-order valence-electron chi connectivity index (χ4n) is 2.35. The first-order valence-electron chi connectivity index (χ1n) is 13.7. The van der Waals surface area contributed by atoms with Crippen LogP contribution in [0.3, 0.4) is 0 Å². The Balaban J connectivity index is -0.000000203. The minimum absolute atomic E-state index is 0.121. The predicted octanol–water partition coefficient (Wildman–Crippen LogP) is 1.90. The fraction of sp³-hybridized carbons (Fsp3) is 0.714. The molecule has 0 saturated carbocycles. The van der Waals surface area contributed by atoms with Crippen molar-refractivity contribution in [3.8, 4) is 0 Å². The fourth-order valence-corrected chi connectivity index (χ4v) is 10.7. The molecule has 0 unspecified atom stereocenters. The Labute approximate surface area is 251 Å². The zero-order valence-electron chi connectivity index (χ0n) is 24.3. The number of carbonyl (C=O) groups excluding carboxylic acids is 4. The van der Waals surface area contributed by atoms with Crippen LogP contribution in [0.1, 0.15) is 106 Å². The summed E-state index contributed by atoms with van der Waals surface area (Å²) in [6.45, 7) is 12.2. The van der Waals surface area contributed by atoms with Crippen molar-refractivity contribution in [2.45, 2.75) is 123 Å². The molecule has 38 heavy (non-hydrogen) atoms. The van der Waals surface area contributed by atoms with Gasteiger partial charge in [0.15, 0.2) is 0 Å². The van der Waals surface area contributed by atoms with E-state index in [2.05, 4.69) is 27.7 Å². The van der Waals surface area contributed by atoms with E-state index < -0.39 is 23.9 Å². The molecule has 0 radical (unpaired) electrons. The molecule has 216 valence electrons. The van der Waals surface area contributed by atoms with Gasteiger partial charge < -0.3 is 39.6 Å². The van der Waals surface area contributed by atoms with E-state index in [-0.39, 0.29) is 66.3 Å². The van der Waals surface area contributed by atoms with E-state index in [1.807, 2.05) is 0 Å². The number of carbonyl (C=O) groups is 4. The Bertz CT molecular complexity index is 593. The maximum atomic E-state index is 10.00. The van der Waals surface area contributed by atoms with Crippen LogP contribution < -0.4 is 20.4 Å². The summed E-state index contributed by atoms with van der Waals surface area (Å²) in [5.74, 6) is -5.96. The summed E-state index contributed by atoms with van der Waals surface area (Å²) >= 11 is 0.299. The van der Waals surface area contributed by atoms with Gasteiger partial charge >= 0.3 is 139 Å². The maximum absolute atomic E-state index is 10.00. The van der Waals surface area contributed by atoms with Crippen molar-refractivity contribution in [3.05, 3.63) is 23.3 Å². The Morgan fingerprint density at radius 3 is 0.842 bits per heavy atom. The van der Waals surface area contributed by atoms with Crippen LogP contribution in [0.25, 0.3) is 0 Å². The van der Waals surface area contributed by atoms with Crippen molar-refractivity contribution >= 4 is 66.2 Å². The van der Waals surface area contributed by atoms with Crippen molar-refractivity contribution in [2.75, 3.05) is 0 Å². The number of carboxylic acids is 4. The van der Waals surface area contributed by atoms with Crippen molar-refractivity contribution < 1.29 is 39.6 Å². The number of hydrogen-bond donors (Lipinski definition) is 0. The average Bonchev–Trinajstić information content (AvgIpc) is 2.86. The van der Waals surface area contributed by atoms with E-state index in [0.717, 1.165) is 0 Å². The molecule has 0 heterocycles. The molecule has 0 aliphatic carbocycles. The first kappa shape index (κ1) is 44.0. The Hall–Kier alpha value is -1.04. The molecular weight excluding hydrogens is 702 g/mol. The Kier molecular flexibility index (Phi) is 41.6. The van der Waals surface area contributed by atoms with Crippen LogP contribution in [0.4, 0.5) is 0 Å². The summed E-state index contributed by atoms with van der Waals surface area (Å²) in [7, 11) is 0.